The Morgan fingerprint density at radius 2 is 1.70 bits per heavy atom. The molecule has 0 spiro atoms. The van der Waals surface area contributed by atoms with Gasteiger partial charge in [-0.2, -0.15) is 5.06 Å². The van der Waals surface area contributed by atoms with Crippen LogP contribution in [0.2, 0.25) is 0 Å². The molecule has 0 unspecified atom stereocenters. The van der Waals surface area contributed by atoms with Gasteiger partial charge in [-0.1, -0.05) is 6.07 Å². The van der Waals surface area contributed by atoms with Gasteiger partial charge in [0.1, 0.15) is 11.2 Å². The standard InChI is InChI=1S/C18H26N2O7/c1-17(2,3)26-16(22)19(27-18(4,5)6)11-12-8-9-14(20(23)24)13(10-12)15(21)25-7/h8-10H,11H2,1-7H3. The fourth-order valence-electron chi connectivity index (χ4n) is 2.06. The van der Waals surface area contributed by atoms with E-state index in [0.29, 0.717) is 5.56 Å². The molecule has 0 atom stereocenters. The van der Waals surface area contributed by atoms with E-state index in [4.69, 9.17) is 9.57 Å². The van der Waals surface area contributed by atoms with E-state index in [2.05, 4.69) is 4.74 Å². The summed E-state index contributed by atoms with van der Waals surface area (Å²) in [5.74, 6) is -0.843. The fourth-order valence-corrected chi connectivity index (χ4v) is 2.06. The van der Waals surface area contributed by atoms with Crippen molar-refractivity contribution in [3.63, 3.8) is 0 Å². The molecule has 0 saturated carbocycles. The Bertz CT molecular complexity index is 717. The second-order valence-electron chi connectivity index (χ2n) is 7.82. The van der Waals surface area contributed by atoms with Crippen molar-refractivity contribution in [2.75, 3.05) is 7.11 Å². The third kappa shape index (κ3) is 7.22. The van der Waals surface area contributed by atoms with E-state index in [9.17, 15) is 19.7 Å². The minimum absolute atomic E-state index is 0.0752. The molecule has 0 aliphatic rings. The number of nitro groups is 1. The van der Waals surface area contributed by atoms with Gasteiger partial charge >= 0.3 is 12.1 Å². The zero-order valence-corrected chi connectivity index (χ0v) is 16.7. The quantitative estimate of drug-likeness (QED) is 0.432. The number of hydrogen-bond acceptors (Lipinski definition) is 7. The van der Waals surface area contributed by atoms with Crippen LogP contribution in [0.1, 0.15) is 57.5 Å². The Morgan fingerprint density at radius 1 is 1.11 bits per heavy atom. The number of nitro benzene ring substituents is 1. The monoisotopic (exact) mass is 382 g/mol. The summed E-state index contributed by atoms with van der Waals surface area (Å²) in [5, 5.41) is 12.1. The lowest BCUT2D eigenvalue weighted by Gasteiger charge is -2.31. The van der Waals surface area contributed by atoms with Gasteiger partial charge in [0.2, 0.25) is 0 Å². The highest BCUT2D eigenvalue weighted by atomic mass is 16.7. The molecule has 0 aromatic heterocycles. The second kappa shape index (κ2) is 8.34. The van der Waals surface area contributed by atoms with Crippen LogP contribution in [-0.4, -0.2) is 40.4 Å². The third-order valence-corrected chi connectivity index (χ3v) is 2.97. The Balaban J connectivity index is 3.22. The van der Waals surface area contributed by atoms with Crippen molar-refractivity contribution >= 4 is 17.7 Å². The topological polar surface area (TPSA) is 108 Å². The lowest BCUT2D eigenvalue weighted by Crippen LogP contribution is -2.41. The van der Waals surface area contributed by atoms with Crippen LogP contribution >= 0.6 is 0 Å². The number of ether oxygens (including phenoxy) is 2. The molecule has 150 valence electrons. The van der Waals surface area contributed by atoms with E-state index in [1.165, 1.54) is 18.2 Å². The molecule has 9 heteroatoms. The van der Waals surface area contributed by atoms with E-state index in [0.717, 1.165) is 12.2 Å². The van der Waals surface area contributed by atoms with Crippen LogP contribution in [0, 0.1) is 10.1 Å². The Kier molecular flexibility index (Phi) is 6.91. The molecule has 0 fully saturated rings. The van der Waals surface area contributed by atoms with Crippen molar-refractivity contribution in [3.8, 4) is 0 Å². The SMILES string of the molecule is COC(=O)c1cc(CN(OC(C)(C)C)C(=O)OC(C)(C)C)ccc1[N+](=O)[O-]. The number of hydrogen-bond donors (Lipinski definition) is 0. The highest BCUT2D eigenvalue weighted by Gasteiger charge is 2.28. The zero-order chi connectivity index (χ0) is 21.0. The summed E-state index contributed by atoms with van der Waals surface area (Å²) < 4.78 is 9.94. The predicted octanol–water partition coefficient (Wildman–Crippen LogP) is 3.85. The van der Waals surface area contributed by atoms with E-state index in [-0.39, 0.29) is 17.8 Å². The first-order valence-corrected chi connectivity index (χ1v) is 8.29. The van der Waals surface area contributed by atoms with Gasteiger partial charge in [-0.3, -0.25) is 15.0 Å². The largest absolute Gasteiger partial charge is 0.465 e. The van der Waals surface area contributed by atoms with Crippen molar-refractivity contribution < 1.29 is 28.8 Å². The van der Waals surface area contributed by atoms with Crippen LogP contribution in [-0.2, 0) is 20.9 Å². The number of benzene rings is 1. The average molecular weight is 382 g/mol. The number of nitrogens with zero attached hydrogens (tertiary/aromatic N) is 2. The summed E-state index contributed by atoms with van der Waals surface area (Å²) in [6.07, 6.45) is -0.713. The van der Waals surface area contributed by atoms with E-state index in [1.54, 1.807) is 41.5 Å². The number of rotatable bonds is 5. The summed E-state index contributed by atoms with van der Waals surface area (Å²) >= 11 is 0. The highest BCUT2D eigenvalue weighted by Crippen LogP contribution is 2.23. The second-order valence-corrected chi connectivity index (χ2v) is 7.82. The smallest absolute Gasteiger partial charge is 0.434 e. The first kappa shape index (κ1) is 22.4. The molecule has 1 rings (SSSR count). The van der Waals surface area contributed by atoms with Crippen LogP contribution in [0.4, 0.5) is 10.5 Å². The normalized spacial score (nSPS) is 11.7. The van der Waals surface area contributed by atoms with Crippen molar-refractivity contribution in [1.29, 1.82) is 0 Å². The van der Waals surface area contributed by atoms with Crippen molar-refractivity contribution in [2.45, 2.75) is 59.3 Å². The van der Waals surface area contributed by atoms with Crippen molar-refractivity contribution in [2.24, 2.45) is 0 Å². The molecule has 0 heterocycles. The summed E-state index contributed by atoms with van der Waals surface area (Å²) in [6.45, 7) is 10.4. The molecule has 27 heavy (non-hydrogen) atoms. The van der Waals surface area contributed by atoms with E-state index in [1.807, 2.05) is 0 Å². The molecule has 1 amide bonds. The number of hydroxylamine groups is 2. The fraction of sp³-hybridized carbons (Fsp3) is 0.556. The predicted molar refractivity (Wildman–Crippen MR) is 97.1 cm³/mol. The molecule has 1 aromatic carbocycles. The number of carbonyl (C=O) groups is 2. The first-order valence-electron chi connectivity index (χ1n) is 8.29. The van der Waals surface area contributed by atoms with Gasteiger partial charge in [0, 0.05) is 6.07 Å². The van der Waals surface area contributed by atoms with Crippen LogP contribution in [0.15, 0.2) is 18.2 Å². The van der Waals surface area contributed by atoms with Crippen LogP contribution < -0.4 is 0 Å². The van der Waals surface area contributed by atoms with Crippen molar-refractivity contribution in [1.82, 2.24) is 5.06 Å². The molecule has 0 N–H and O–H groups in total. The van der Waals surface area contributed by atoms with Gasteiger partial charge in [0.05, 0.1) is 24.2 Å². The Morgan fingerprint density at radius 3 is 2.15 bits per heavy atom. The van der Waals surface area contributed by atoms with Gasteiger partial charge in [0.25, 0.3) is 5.69 Å². The molecule has 0 bridgehead atoms. The lowest BCUT2D eigenvalue weighted by atomic mass is 10.1. The summed E-state index contributed by atoms with van der Waals surface area (Å²) in [6, 6.07) is 3.92. The van der Waals surface area contributed by atoms with Gasteiger partial charge < -0.3 is 9.47 Å². The highest BCUT2D eigenvalue weighted by molar-refractivity contribution is 5.94. The zero-order valence-electron chi connectivity index (χ0n) is 16.7. The average Bonchev–Trinajstić information content (AvgIpc) is 2.50. The lowest BCUT2D eigenvalue weighted by molar-refractivity contribution is -0.385. The van der Waals surface area contributed by atoms with E-state index < -0.39 is 28.2 Å². The third-order valence-electron chi connectivity index (χ3n) is 2.97. The summed E-state index contributed by atoms with van der Waals surface area (Å²) in [4.78, 5) is 40.4. The molecular weight excluding hydrogens is 356 g/mol. The van der Waals surface area contributed by atoms with Crippen LogP contribution in [0.3, 0.4) is 0 Å². The minimum atomic E-state index is -0.843. The van der Waals surface area contributed by atoms with E-state index >= 15 is 0 Å². The van der Waals surface area contributed by atoms with Gasteiger partial charge in [-0.25, -0.2) is 9.59 Å². The molecule has 0 aliphatic carbocycles. The minimum Gasteiger partial charge on any atom is -0.465 e. The number of carbonyl (C=O) groups excluding carboxylic acids is 2. The maximum atomic E-state index is 12.5. The van der Waals surface area contributed by atoms with Crippen molar-refractivity contribution in [3.05, 3.63) is 39.4 Å². The maximum absolute atomic E-state index is 12.5. The molecule has 9 nitrogen and oxygen atoms in total. The first-order chi connectivity index (χ1) is 12.2. The van der Waals surface area contributed by atoms with Gasteiger partial charge in [-0.05, 0) is 53.2 Å². The molecule has 1 aromatic rings. The molecule has 0 aliphatic heterocycles. The number of amides is 1. The molecular formula is C18H26N2O7. The Labute approximate surface area is 158 Å². The van der Waals surface area contributed by atoms with Crippen LogP contribution in [0.25, 0.3) is 0 Å². The number of esters is 1. The van der Waals surface area contributed by atoms with Crippen LogP contribution in [0.5, 0.6) is 0 Å². The molecule has 0 radical (unpaired) electrons. The van der Waals surface area contributed by atoms with Gasteiger partial charge in [0.15, 0.2) is 0 Å². The number of methoxy groups -OCH3 is 1. The maximum Gasteiger partial charge on any atom is 0.434 e. The summed E-state index contributed by atoms with van der Waals surface area (Å²) in [7, 11) is 1.13. The van der Waals surface area contributed by atoms with Gasteiger partial charge in [-0.15, -0.1) is 0 Å². The summed E-state index contributed by atoms with van der Waals surface area (Å²) in [5.41, 5.74) is -1.58. The Hall–Kier alpha value is -2.68. The molecule has 0 saturated heterocycles.